The SMILES string of the molecule is COc1ccc2nc(-c3ccccc3)cc(C(=O)OCC(=O)NC[C@H]3CCCO3)c2c1. The Labute approximate surface area is 180 Å². The average Bonchev–Trinajstić information content (AvgIpc) is 3.34. The number of nitrogens with one attached hydrogen (secondary N) is 1. The fourth-order valence-electron chi connectivity index (χ4n) is 3.55. The lowest BCUT2D eigenvalue weighted by Crippen LogP contribution is -2.34. The molecule has 1 saturated heterocycles. The predicted octanol–water partition coefficient (Wildman–Crippen LogP) is 3.36. The van der Waals surface area contributed by atoms with Gasteiger partial charge in [0, 0.05) is 24.1 Å². The molecule has 0 aliphatic carbocycles. The number of esters is 1. The number of benzene rings is 2. The summed E-state index contributed by atoms with van der Waals surface area (Å²) in [6, 6.07) is 16.6. The van der Waals surface area contributed by atoms with Crippen LogP contribution in [0, 0.1) is 0 Å². The van der Waals surface area contributed by atoms with E-state index >= 15 is 0 Å². The Hall–Kier alpha value is -3.45. The normalized spacial score (nSPS) is 15.6. The van der Waals surface area contributed by atoms with Crippen LogP contribution in [0.15, 0.2) is 54.6 Å². The highest BCUT2D eigenvalue weighted by Gasteiger charge is 2.19. The third-order valence-corrected chi connectivity index (χ3v) is 5.19. The molecule has 1 aromatic heterocycles. The van der Waals surface area contributed by atoms with Crippen LogP contribution in [0.2, 0.25) is 0 Å². The third-order valence-electron chi connectivity index (χ3n) is 5.19. The second kappa shape index (κ2) is 9.57. The zero-order valence-electron chi connectivity index (χ0n) is 17.3. The van der Waals surface area contributed by atoms with Crippen molar-refractivity contribution in [2.75, 3.05) is 26.9 Å². The van der Waals surface area contributed by atoms with Crippen LogP contribution in [0.1, 0.15) is 23.2 Å². The monoisotopic (exact) mass is 420 g/mol. The molecule has 1 aliphatic rings. The van der Waals surface area contributed by atoms with E-state index in [9.17, 15) is 9.59 Å². The van der Waals surface area contributed by atoms with E-state index in [0.29, 0.717) is 34.5 Å². The van der Waals surface area contributed by atoms with Crippen LogP contribution in [0.25, 0.3) is 22.2 Å². The molecule has 1 amide bonds. The lowest BCUT2D eigenvalue weighted by molar-refractivity contribution is -0.124. The number of fused-ring (bicyclic) bond motifs is 1. The number of amides is 1. The van der Waals surface area contributed by atoms with E-state index < -0.39 is 5.97 Å². The number of nitrogens with zero attached hydrogens (tertiary/aromatic N) is 1. The maximum atomic E-state index is 12.9. The summed E-state index contributed by atoms with van der Waals surface area (Å²) in [6.07, 6.45) is 1.95. The molecule has 0 bridgehead atoms. The quantitative estimate of drug-likeness (QED) is 0.590. The van der Waals surface area contributed by atoms with Crippen molar-refractivity contribution in [3.8, 4) is 17.0 Å². The van der Waals surface area contributed by atoms with E-state index in [-0.39, 0.29) is 18.6 Å². The summed E-state index contributed by atoms with van der Waals surface area (Å²) in [6.45, 7) is 0.780. The minimum Gasteiger partial charge on any atom is -0.497 e. The Morgan fingerprint density at radius 2 is 2.00 bits per heavy atom. The van der Waals surface area contributed by atoms with E-state index in [1.807, 2.05) is 30.3 Å². The first-order valence-electron chi connectivity index (χ1n) is 10.2. The Bertz CT molecular complexity index is 1080. The molecule has 160 valence electrons. The van der Waals surface area contributed by atoms with E-state index in [0.717, 1.165) is 25.0 Å². The number of hydrogen-bond acceptors (Lipinski definition) is 6. The van der Waals surface area contributed by atoms with Gasteiger partial charge in [0.05, 0.1) is 30.0 Å². The molecule has 1 aliphatic heterocycles. The van der Waals surface area contributed by atoms with Crippen molar-refractivity contribution in [2.45, 2.75) is 18.9 Å². The average molecular weight is 420 g/mol. The van der Waals surface area contributed by atoms with Crippen molar-refractivity contribution in [3.05, 3.63) is 60.2 Å². The summed E-state index contributed by atoms with van der Waals surface area (Å²) in [7, 11) is 1.56. The van der Waals surface area contributed by atoms with Gasteiger partial charge in [-0.15, -0.1) is 0 Å². The minimum absolute atomic E-state index is 0.0321. The summed E-state index contributed by atoms with van der Waals surface area (Å²) < 4.78 is 16.1. The molecule has 0 saturated carbocycles. The molecule has 0 radical (unpaired) electrons. The smallest absolute Gasteiger partial charge is 0.339 e. The van der Waals surface area contributed by atoms with Gasteiger partial charge in [0.25, 0.3) is 5.91 Å². The van der Waals surface area contributed by atoms with Gasteiger partial charge in [-0.25, -0.2) is 9.78 Å². The van der Waals surface area contributed by atoms with Crippen molar-refractivity contribution in [2.24, 2.45) is 0 Å². The van der Waals surface area contributed by atoms with E-state index in [4.69, 9.17) is 14.2 Å². The number of ether oxygens (including phenoxy) is 3. The number of pyridine rings is 1. The van der Waals surface area contributed by atoms with Gasteiger partial charge >= 0.3 is 5.97 Å². The Morgan fingerprint density at radius 3 is 2.74 bits per heavy atom. The molecule has 7 nitrogen and oxygen atoms in total. The van der Waals surface area contributed by atoms with Crippen LogP contribution >= 0.6 is 0 Å². The first kappa shape index (κ1) is 20.8. The van der Waals surface area contributed by atoms with E-state index in [1.165, 1.54) is 0 Å². The van der Waals surface area contributed by atoms with Gasteiger partial charge in [-0.1, -0.05) is 30.3 Å². The summed E-state index contributed by atoms with van der Waals surface area (Å²) in [5, 5.41) is 3.35. The number of rotatable bonds is 7. The van der Waals surface area contributed by atoms with Crippen molar-refractivity contribution in [1.82, 2.24) is 10.3 Å². The molecule has 3 aromatic rings. The minimum atomic E-state index is -0.592. The van der Waals surface area contributed by atoms with Crippen LogP contribution in [0.3, 0.4) is 0 Å². The van der Waals surface area contributed by atoms with Crippen LogP contribution in [0.5, 0.6) is 5.75 Å². The van der Waals surface area contributed by atoms with Gasteiger partial charge < -0.3 is 19.5 Å². The van der Waals surface area contributed by atoms with Crippen molar-refractivity contribution >= 4 is 22.8 Å². The van der Waals surface area contributed by atoms with Crippen LogP contribution in [-0.4, -0.2) is 49.8 Å². The Morgan fingerprint density at radius 1 is 1.16 bits per heavy atom. The van der Waals surface area contributed by atoms with Crippen LogP contribution in [-0.2, 0) is 14.3 Å². The molecular weight excluding hydrogens is 396 g/mol. The first-order valence-corrected chi connectivity index (χ1v) is 10.2. The molecule has 1 N–H and O–H groups in total. The molecule has 31 heavy (non-hydrogen) atoms. The second-order valence-corrected chi connectivity index (χ2v) is 7.32. The number of hydrogen-bond donors (Lipinski definition) is 1. The standard InChI is InChI=1S/C24H24N2O5/c1-29-17-9-10-21-19(12-17)20(13-22(26-21)16-6-3-2-4-7-16)24(28)31-15-23(27)25-14-18-8-5-11-30-18/h2-4,6-7,9-10,12-13,18H,5,8,11,14-15H2,1H3,(H,25,27)/t18-/m1/s1. The Kier molecular flexibility index (Phi) is 6.43. The molecule has 0 spiro atoms. The van der Waals surface area contributed by atoms with Gasteiger partial charge in [-0.3, -0.25) is 4.79 Å². The summed E-state index contributed by atoms with van der Waals surface area (Å²) in [5.41, 5.74) is 2.49. The van der Waals surface area contributed by atoms with E-state index in [1.54, 1.807) is 31.4 Å². The molecule has 0 unspecified atom stereocenters. The molecule has 4 rings (SSSR count). The predicted molar refractivity (Wildman–Crippen MR) is 116 cm³/mol. The summed E-state index contributed by atoms with van der Waals surface area (Å²) in [4.78, 5) is 29.7. The van der Waals surface area contributed by atoms with Gasteiger partial charge in [-0.05, 0) is 37.1 Å². The van der Waals surface area contributed by atoms with Crippen molar-refractivity contribution < 1.29 is 23.8 Å². The number of methoxy groups -OCH3 is 1. The highest BCUT2D eigenvalue weighted by atomic mass is 16.5. The third kappa shape index (κ3) is 5.00. The molecule has 7 heteroatoms. The van der Waals surface area contributed by atoms with Crippen LogP contribution < -0.4 is 10.1 Å². The molecule has 2 heterocycles. The number of carbonyl (C=O) groups is 2. The first-order chi connectivity index (χ1) is 15.1. The molecular formula is C24H24N2O5. The summed E-state index contributed by atoms with van der Waals surface area (Å²) >= 11 is 0. The zero-order valence-corrected chi connectivity index (χ0v) is 17.3. The zero-order chi connectivity index (χ0) is 21.6. The van der Waals surface area contributed by atoms with E-state index in [2.05, 4.69) is 10.3 Å². The molecule has 1 atom stereocenters. The highest BCUT2D eigenvalue weighted by Crippen LogP contribution is 2.28. The van der Waals surface area contributed by atoms with Crippen molar-refractivity contribution in [3.63, 3.8) is 0 Å². The lowest BCUT2D eigenvalue weighted by atomic mass is 10.0. The topological polar surface area (TPSA) is 86.8 Å². The van der Waals surface area contributed by atoms with Crippen molar-refractivity contribution in [1.29, 1.82) is 0 Å². The van der Waals surface area contributed by atoms with Gasteiger partial charge in [0.1, 0.15) is 5.75 Å². The Balaban J connectivity index is 1.55. The lowest BCUT2D eigenvalue weighted by Gasteiger charge is -2.12. The molecule has 1 fully saturated rings. The van der Waals surface area contributed by atoms with Gasteiger partial charge in [0.2, 0.25) is 0 Å². The van der Waals surface area contributed by atoms with Gasteiger partial charge in [-0.2, -0.15) is 0 Å². The number of carbonyl (C=O) groups excluding carboxylic acids is 2. The maximum Gasteiger partial charge on any atom is 0.339 e. The second-order valence-electron chi connectivity index (χ2n) is 7.32. The largest absolute Gasteiger partial charge is 0.497 e. The fraction of sp³-hybridized carbons (Fsp3) is 0.292. The number of aromatic nitrogens is 1. The highest BCUT2D eigenvalue weighted by molar-refractivity contribution is 6.05. The van der Waals surface area contributed by atoms with Gasteiger partial charge in [0.15, 0.2) is 6.61 Å². The maximum absolute atomic E-state index is 12.9. The van der Waals surface area contributed by atoms with Crippen LogP contribution in [0.4, 0.5) is 0 Å². The summed E-state index contributed by atoms with van der Waals surface area (Å²) in [5.74, 6) is -0.349. The molecule has 2 aromatic carbocycles. The fourth-order valence-corrected chi connectivity index (χ4v) is 3.55.